The van der Waals surface area contributed by atoms with Crippen LogP contribution in [-0.4, -0.2) is 21.3 Å². The quantitative estimate of drug-likeness (QED) is 0.790. The minimum Gasteiger partial charge on any atom is -0.294 e. The molecule has 1 aromatic heterocycles. The molecule has 4 heteroatoms. The molecule has 1 atom stereocenters. The number of hydrogen-bond donors (Lipinski definition) is 0. The van der Waals surface area contributed by atoms with E-state index >= 15 is 0 Å². The highest BCUT2D eigenvalue weighted by molar-refractivity contribution is 5.99. The summed E-state index contributed by atoms with van der Waals surface area (Å²) in [4.78, 5) is 23.5. The average molecular weight is 256 g/mol. The lowest BCUT2D eigenvalue weighted by atomic mass is 10.0. The predicted molar refractivity (Wildman–Crippen MR) is 72.5 cm³/mol. The first kappa shape index (κ1) is 13.2. The van der Waals surface area contributed by atoms with E-state index in [1.54, 1.807) is 13.1 Å². The molecule has 4 nitrogen and oxygen atoms in total. The van der Waals surface area contributed by atoms with E-state index in [0.717, 1.165) is 5.56 Å². The van der Waals surface area contributed by atoms with Gasteiger partial charge in [0.2, 0.25) is 0 Å². The first-order chi connectivity index (χ1) is 8.99. The molecule has 0 bridgehead atoms. The molecule has 0 saturated heterocycles. The third kappa shape index (κ3) is 2.78. The highest BCUT2D eigenvalue weighted by atomic mass is 16.1. The SMILES string of the molecule is CC(=O)c1cnn(C(C)C(=O)c2ccc(C)cc2)c1. The van der Waals surface area contributed by atoms with Crippen molar-refractivity contribution < 1.29 is 9.59 Å². The molecule has 1 heterocycles. The second kappa shape index (κ2) is 5.18. The number of carbonyl (C=O) groups excluding carboxylic acids is 2. The van der Waals surface area contributed by atoms with Crippen LogP contribution in [0.3, 0.4) is 0 Å². The van der Waals surface area contributed by atoms with Crippen molar-refractivity contribution in [1.82, 2.24) is 9.78 Å². The van der Waals surface area contributed by atoms with E-state index in [0.29, 0.717) is 11.1 Å². The van der Waals surface area contributed by atoms with Crippen molar-refractivity contribution in [2.24, 2.45) is 0 Å². The number of benzene rings is 1. The standard InChI is InChI=1S/C15H16N2O2/c1-10-4-6-13(7-5-10)15(19)11(2)17-9-14(8-16-17)12(3)18/h4-9,11H,1-3H3. The Morgan fingerprint density at radius 2 is 1.79 bits per heavy atom. The van der Waals surface area contributed by atoms with Gasteiger partial charge in [0.1, 0.15) is 6.04 Å². The molecule has 98 valence electrons. The molecule has 0 N–H and O–H groups in total. The molecular weight excluding hydrogens is 240 g/mol. The maximum absolute atomic E-state index is 12.3. The highest BCUT2D eigenvalue weighted by Gasteiger charge is 2.18. The monoisotopic (exact) mass is 256 g/mol. The summed E-state index contributed by atoms with van der Waals surface area (Å²) < 4.78 is 1.53. The highest BCUT2D eigenvalue weighted by Crippen LogP contribution is 2.15. The molecule has 0 aliphatic rings. The first-order valence-corrected chi connectivity index (χ1v) is 6.15. The molecular formula is C15H16N2O2. The smallest absolute Gasteiger partial charge is 0.187 e. The van der Waals surface area contributed by atoms with Crippen LogP contribution in [0, 0.1) is 6.92 Å². The zero-order valence-electron chi connectivity index (χ0n) is 11.3. The van der Waals surface area contributed by atoms with Crippen LogP contribution in [0.25, 0.3) is 0 Å². The fourth-order valence-corrected chi connectivity index (χ4v) is 1.81. The number of hydrogen-bond acceptors (Lipinski definition) is 3. The molecule has 0 spiro atoms. The van der Waals surface area contributed by atoms with Crippen molar-refractivity contribution in [1.29, 1.82) is 0 Å². The Bertz CT molecular complexity index is 611. The summed E-state index contributed by atoms with van der Waals surface area (Å²) in [5.74, 6) is -0.0700. The number of ketones is 2. The Morgan fingerprint density at radius 1 is 1.16 bits per heavy atom. The number of carbonyl (C=O) groups is 2. The number of nitrogens with zero attached hydrogens (tertiary/aromatic N) is 2. The zero-order valence-corrected chi connectivity index (χ0v) is 11.3. The Hall–Kier alpha value is -2.23. The lowest BCUT2D eigenvalue weighted by molar-refractivity contribution is 0.0926. The van der Waals surface area contributed by atoms with Gasteiger partial charge in [-0.1, -0.05) is 29.8 Å². The molecule has 1 aromatic carbocycles. The Balaban J connectivity index is 2.22. The molecule has 0 fully saturated rings. The maximum atomic E-state index is 12.3. The van der Waals surface area contributed by atoms with E-state index in [4.69, 9.17) is 0 Å². The summed E-state index contributed by atoms with van der Waals surface area (Å²) >= 11 is 0. The van der Waals surface area contributed by atoms with E-state index in [-0.39, 0.29) is 11.6 Å². The second-order valence-electron chi connectivity index (χ2n) is 4.67. The van der Waals surface area contributed by atoms with Crippen LogP contribution < -0.4 is 0 Å². The van der Waals surface area contributed by atoms with Crippen LogP contribution in [0.5, 0.6) is 0 Å². The van der Waals surface area contributed by atoms with Gasteiger partial charge in [0.15, 0.2) is 11.6 Å². The Labute approximate surface area is 112 Å². The van der Waals surface area contributed by atoms with Gasteiger partial charge < -0.3 is 0 Å². The van der Waals surface area contributed by atoms with Crippen LogP contribution in [0.1, 0.15) is 46.2 Å². The predicted octanol–water partition coefficient (Wildman–Crippen LogP) is 2.84. The second-order valence-corrected chi connectivity index (χ2v) is 4.67. The van der Waals surface area contributed by atoms with Gasteiger partial charge in [0.25, 0.3) is 0 Å². The third-order valence-electron chi connectivity index (χ3n) is 3.12. The summed E-state index contributed by atoms with van der Waals surface area (Å²) in [6.07, 6.45) is 3.10. The number of rotatable bonds is 4. The average Bonchev–Trinajstić information content (AvgIpc) is 2.87. The van der Waals surface area contributed by atoms with Crippen LogP contribution in [0.4, 0.5) is 0 Å². The molecule has 1 unspecified atom stereocenters. The largest absolute Gasteiger partial charge is 0.294 e. The molecule has 2 aromatic rings. The molecule has 0 aliphatic carbocycles. The van der Waals surface area contributed by atoms with E-state index in [1.165, 1.54) is 17.8 Å². The zero-order chi connectivity index (χ0) is 14.0. The van der Waals surface area contributed by atoms with E-state index in [9.17, 15) is 9.59 Å². The van der Waals surface area contributed by atoms with Gasteiger partial charge in [0.05, 0.1) is 11.8 Å². The van der Waals surface area contributed by atoms with Crippen LogP contribution in [0.15, 0.2) is 36.7 Å². The number of Topliss-reactive ketones (excluding diaryl/α,β-unsaturated/α-hetero) is 2. The van der Waals surface area contributed by atoms with Crippen molar-refractivity contribution in [2.75, 3.05) is 0 Å². The fourth-order valence-electron chi connectivity index (χ4n) is 1.81. The Morgan fingerprint density at radius 3 is 2.32 bits per heavy atom. The molecule has 19 heavy (non-hydrogen) atoms. The van der Waals surface area contributed by atoms with Crippen molar-refractivity contribution in [3.05, 3.63) is 53.3 Å². The van der Waals surface area contributed by atoms with Gasteiger partial charge in [-0.3, -0.25) is 14.3 Å². The molecule has 0 radical (unpaired) electrons. The summed E-state index contributed by atoms with van der Waals surface area (Å²) in [6, 6.07) is 7.01. The number of aryl methyl sites for hydroxylation is 1. The molecule has 2 rings (SSSR count). The van der Waals surface area contributed by atoms with Crippen LogP contribution in [-0.2, 0) is 0 Å². The first-order valence-electron chi connectivity index (χ1n) is 6.15. The summed E-state index contributed by atoms with van der Waals surface area (Å²) in [6.45, 7) is 5.23. The maximum Gasteiger partial charge on any atom is 0.187 e. The lowest BCUT2D eigenvalue weighted by Crippen LogP contribution is -2.17. The summed E-state index contributed by atoms with van der Waals surface area (Å²) in [5.41, 5.74) is 2.28. The van der Waals surface area contributed by atoms with Crippen molar-refractivity contribution >= 4 is 11.6 Å². The topological polar surface area (TPSA) is 52.0 Å². The fraction of sp³-hybridized carbons (Fsp3) is 0.267. The van der Waals surface area contributed by atoms with Gasteiger partial charge in [-0.2, -0.15) is 5.10 Å². The minimum atomic E-state index is -0.421. The van der Waals surface area contributed by atoms with E-state index in [1.807, 2.05) is 31.2 Å². The summed E-state index contributed by atoms with van der Waals surface area (Å²) in [7, 11) is 0. The lowest BCUT2D eigenvalue weighted by Gasteiger charge is -2.11. The molecule has 0 aliphatic heterocycles. The van der Waals surface area contributed by atoms with Crippen LogP contribution >= 0.6 is 0 Å². The van der Waals surface area contributed by atoms with Gasteiger partial charge >= 0.3 is 0 Å². The summed E-state index contributed by atoms with van der Waals surface area (Å²) in [5, 5.41) is 4.08. The molecule has 0 amide bonds. The van der Waals surface area contributed by atoms with Gasteiger partial charge in [-0.15, -0.1) is 0 Å². The number of aromatic nitrogens is 2. The molecule has 0 saturated carbocycles. The van der Waals surface area contributed by atoms with Gasteiger partial charge in [0, 0.05) is 11.8 Å². The minimum absolute atomic E-state index is 0.0156. The Kier molecular flexibility index (Phi) is 3.60. The van der Waals surface area contributed by atoms with E-state index in [2.05, 4.69) is 5.10 Å². The van der Waals surface area contributed by atoms with Crippen molar-refractivity contribution in [3.63, 3.8) is 0 Å². The van der Waals surface area contributed by atoms with Crippen molar-refractivity contribution in [2.45, 2.75) is 26.8 Å². The van der Waals surface area contributed by atoms with Gasteiger partial charge in [-0.25, -0.2) is 0 Å². The normalized spacial score (nSPS) is 12.2. The third-order valence-corrected chi connectivity index (χ3v) is 3.12. The van der Waals surface area contributed by atoms with E-state index < -0.39 is 6.04 Å². The van der Waals surface area contributed by atoms with Gasteiger partial charge in [-0.05, 0) is 20.8 Å². The van der Waals surface area contributed by atoms with Crippen LogP contribution in [0.2, 0.25) is 0 Å². The van der Waals surface area contributed by atoms with Crippen molar-refractivity contribution in [3.8, 4) is 0 Å².